The Kier molecular flexibility index (Phi) is 2.97. The van der Waals surface area contributed by atoms with E-state index in [1.807, 2.05) is 0 Å². The molecular formula is C11H12F2N2O2. The van der Waals surface area contributed by atoms with Crippen molar-refractivity contribution in [2.75, 3.05) is 11.9 Å². The number of amides is 2. The molecule has 0 atom stereocenters. The van der Waals surface area contributed by atoms with E-state index >= 15 is 0 Å². The van der Waals surface area contributed by atoms with Crippen molar-refractivity contribution in [1.29, 1.82) is 0 Å². The van der Waals surface area contributed by atoms with Gasteiger partial charge in [0.1, 0.15) is 11.6 Å². The monoisotopic (exact) mass is 242 g/mol. The second kappa shape index (κ2) is 4.29. The summed E-state index contributed by atoms with van der Waals surface area (Å²) in [5.41, 5.74) is -0.668. The lowest BCUT2D eigenvalue weighted by atomic mass is 10.3. The number of hydrogen-bond donors (Lipinski definition) is 3. The van der Waals surface area contributed by atoms with Gasteiger partial charge in [0.05, 0.1) is 17.8 Å². The van der Waals surface area contributed by atoms with Crippen LogP contribution in [-0.2, 0) is 0 Å². The van der Waals surface area contributed by atoms with E-state index in [1.165, 1.54) is 0 Å². The highest BCUT2D eigenvalue weighted by molar-refractivity contribution is 5.90. The number of hydrogen-bond acceptors (Lipinski definition) is 2. The van der Waals surface area contributed by atoms with Gasteiger partial charge >= 0.3 is 6.03 Å². The van der Waals surface area contributed by atoms with E-state index in [-0.39, 0.29) is 12.3 Å². The zero-order valence-electron chi connectivity index (χ0n) is 8.96. The maximum Gasteiger partial charge on any atom is 0.319 e. The second-order valence-electron chi connectivity index (χ2n) is 4.14. The standard InChI is InChI=1S/C11H12F2N2O2/c12-7-1-2-9(8(13)5-7)14-10(17)15-11(6-16)3-4-11/h1-2,5,16H,3-4,6H2,(H2,14,15,17). The van der Waals surface area contributed by atoms with Crippen LogP contribution in [0.2, 0.25) is 0 Å². The van der Waals surface area contributed by atoms with Crippen molar-refractivity contribution in [2.24, 2.45) is 0 Å². The molecule has 0 aliphatic heterocycles. The summed E-state index contributed by atoms with van der Waals surface area (Å²) in [5, 5.41) is 13.8. The molecule has 1 aliphatic rings. The first-order valence-electron chi connectivity index (χ1n) is 5.20. The molecule has 6 heteroatoms. The number of halogens is 2. The largest absolute Gasteiger partial charge is 0.394 e. The van der Waals surface area contributed by atoms with Crippen molar-refractivity contribution in [3.63, 3.8) is 0 Å². The van der Waals surface area contributed by atoms with Crippen LogP contribution in [-0.4, -0.2) is 23.3 Å². The summed E-state index contributed by atoms with van der Waals surface area (Å²) in [6, 6.07) is 2.27. The molecule has 3 N–H and O–H groups in total. The fourth-order valence-electron chi connectivity index (χ4n) is 1.46. The SMILES string of the molecule is O=C(Nc1ccc(F)cc1F)NC1(CO)CC1. The third-order valence-electron chi connectivity index (χ3n) is 2.71. The second-order valence-corrected chi connectivity index (χ2v) is 4.14. The van der Waals surface area contributed by atoms with Crippen LogP contribution in [0.4, 0.5) is 19.3 Å². The fourth-order valence-corrected chi connectivity index (χ4v) is 1.46. The summed E-state index contributed by atoms with van der Waals surface area (Å²) in [5.74, 6) is -1.54. The van der Waals surface area contributed by atoms with Crippen LogP contribution in [0.5, 0.6) is 0 Å². The first kappa shape index (κ1) is 11.8. The normalized spacial score (nSPS) is 16.4. The van der Waals surface area contributed by atoms with Gasteiger partial charge in [-0.25, -0.2) is 13.6 Å². The molecule has 1 aromatic rings. The first-order chi connectivity index (χ1) is 8.04. The Morgan fingerprint density at radius 1 is 1.41 bits per heavy atom. The zero-order valence-corrected chi connectivity index (χ0v) is 8.96. The van der Waals surface area contributed by atoms with Crippen molar-refractivity contribution < 1.29 is 18.7 Å². The van der Waals surface area contributed by atoms with Gasteiger partial charge in [0.25, 0.3) is 0 Å². The molecule has 0 bridgehead atoms. The molecule has 0 heterocycles. The van der Waals surface area contributed by atoms with E-state index in [0.717, 1.165) is 12.1 Å². The maximum absolute atomic E-state index is 13.2. The van der Waals surface area contributed by atoms with Gasteiger partial charge < -0.3 is 15.7 Å². The van der Waals surface area contributed by atoms with E-state index in [1.54, 1.807) is 0 Å². The summed E-state index contributed by atoms with van der Waals surface area (Å²) in [4.78, 5) is 11.5. The quantitative estimate of drug-likeness (QED) is 0.754. The number of anilines is 1. The molecule has 0 radical (unpaired) electrons. The van der Waals surface area contributed by atoms with Gasteiger partial charge in [0.2, 0.25) is 0 Å². The van der Waals surface area contributed by atoms with Gasteiger partial charge in [0, 0.05) is 6.07 Å². The molecule has 92 valence electrons. The number of rotatable bonds is 3. The predicted molar refractivity (Wildman–Crippen MR) is 57.6 cm³/mol. The van der Waals surface area contributed by atoms with E-state index in [4.69, 9.17) is 5.11 Å². The molecule has 2 amide bonds. The van der Waals surface area contributed by atoms with Crippen LogP contribution < -0.4 is 10.6 Å². The van der Waals surface area contributed by atoms with Gasteiger partial charge in [-0.2, -0.15) is 0 Å². The summed E-state index contributed by atoms with van der Waals surface area (Å²) >= 11 is 0. The third kappa shape index (κ3) is 2.71. The van der Waals surface area contributed by atoms with Gasteiger partial charge in [0.15, 0.2) is 0 Å². The Bertz CT molecular complexity index is 447. The number of carbonyl (C=O) groups excluding carboxylic acids is 1. The molecule has 0 spiro atoms. The van der Waals surface area contributed by atoms with Crippen LogP contribution in [0.15, 0.2) is 18.2 Å². The van der Waals surface area contributed by atoms with Crippen LogP contribution in [0.25, 0.3) is 0 Å². The minimum Gasteiger partial charge on any atom is -0.394 e. The molecule has 1 aromatic carbocycles. The minimum absolute atomic E-state index is 0.0994. The average Bonchev–Trinajstić information content (AvgIpc) is 3.03. The van der Waals surface area contributed by atoms with Gasteiger partial charge in [-0.05, 0) is 25.0 Å². The average molecular weight is 242 g/mol. The van der Waals surface area contributed by atoms with E-state index in [2.05, 4.69) is 10.6 Å². The maximum atomic E-state index is 13.2. The summed E-state index contributed by atoms with van der Waals surface area (Å²) in [6.07, 6.45) is 1.39. The van der Waals surface area contributed by atoms with Crippen LogP contribution in [0.1, 0.15) is 12.8 Å². The zero-order chi connectivity index (χ0) is 12.5. The molecule has 0 saturated heterocycles. The van der Waals surface area contributed by atoms with Crippen molar-refractivity contribution in [2.45, 2.75) is 18.4 Å². The molecule has 2 rings (SSSR count). The van der Waals surface area contributed by atoms with Crippen molar-refractivity contribution in [3.8, 4) is 0 Å². The van der Waals surface area contributed by atoms with Crippen molar-refractivity contribution >= 4 is 11.7 Å². The van der Waals surface area contributed by atoms with Gasteiger partial charge in [-0.15, -0.1) is 0 Å². The Labute approximate surface area is 96.6 Å². The number of nitrogens with one attached hydrogen (secondary N) is 2. The lowest BCUT2D eigenvalue weighted by Gasteiger charge is -2.15. The molecule has 17 heavy (non-hydrogen) atoms. The van der Waals surface area contributed by atoms with Gasteiger partial charge in [-0.3, -0.25) is 0 Å². The number of benzene rings is 1. The summed E-state index contributed by atoms with van der Waals surface area (Å²) in [7, 11) is 0. The molecule has 1 fully saturated rings. The van der Waals surface area contributed by atoms with E-state index in [9.17, 15) is 13.6 Å². The lowest BCUT2D eigenvalue weighted by molar-refractivity contribution is 0.217. The minimum atomic E-state index is -0.839. The molecule has 0 unspecified atom stereocenters. The smallest absolute Gasteiger partial charge is 0.319 e. The Morgan fingerprint density at radius 3 is 2.65 bits per heavy atom. The molecular weight excluding hydrogens is 230 g/mol. The Balaban J connectivity index is 1.98. The summed E-state index contributed by atoms with van der Waals surface area (Å²) in [6.45, 7) is -0.147. The molecule has 1 aliphatic carbocycles. The topological polar surface area (TPSA) is 61.4 Å². The lowest BCUT2D eigenvalue weighted by Crippen LogP contribution is -2.42. The first-order valence-corrected chi connectivity index (χ1v) is 5.20. The Morgan fingerprint density at radius 2 is 2.12 bits per heavy atom. The number of aliphatic hydroxyl groups excluding tert-OH is 1. The van der Waals surface area contributed by atoms with Crippen molar-refractivity contribution in [3.05, 3.63) is 29.8 Å². The number of aliphatic hydroxyl groups is 1. The predicted octanol–water partition coefficient (Wildman–Crippen LogP) is 1.61. The van der Waals surface area contributed by atoms with Crippen LogP contribution in [0.3, 0.4) is 0 Å². The molecule has 1 saturated carbocycles. The van der Waals surface area contributed by atoms with E-state index in [0.29, 0.717) is 18.9 Å². The summed E-state index contributed by atoms with van der Waals surface area (Å²) < 4.78 is 25.8. The fraction of sp³-hybridized carbons (Fsp3) is 0.364. The molecule has 4 nitrogen and oxygen atoms in total. The highest BCUT2D eigenvalue weighted by atomic mass is 19.1. The number of urea groups is 1. The van der Waals surface area contributed by atoms with E-state index < -0.39 is 23.2 Å². The highest BCUT2D eigenvalue weighted by Gasteiger charge is 2.43. The highest BCUT2D eigenvalue weighted by Crippen LogP contribution is 2.34. The third-order valence-corrected chi connectivity index (χ3v) is 2.71. The number of carbonyl (C=O) groups is 1. The molecule has 0 aromatic heterocycles. The van der Waals surface area contributed by atoms with Crippen molar-refractivity contribution in [1.82, 2.24) is 5.32 Å². The van der Waals surface area contributed by atoms with Gasteiger partial charge in [-0.1, -0.05) is 0 Å². The van der Waals surface area contributed by atoms with Crippen LogP contribution in [0, 0.1) is 11.6 Å². The van der Waals surface area contributed by atoms with Crippen LogP contribution >= 0.6 is 0 Å². The Hall–Kier alpha value is -1.69.